The molecule has 0 saturated carbocycles. The van der Waals surface area contributed by atoms with Gasteiger partial charge in [0.2, 0.25) is 5.91 Å². The summed E-state index contributed by atoms with van der Waals surface area (Å²) in [5.41, 5.74) is 4.13. The number of benzene rings is 1. The van der Waals surface area contributed by atoms with Crippen molar-refractivity contribution in [3.05, 3.63) is 29.3 Å². The van der Waals surface area contributed by atoms with Gasteiger partial charge in [-0.15, -0.1) is 0 Å². The van der Waals surface area contributed by atoms with Gasteiger partial charge in [0.05, 0.1) is 5.56 Å². The Morgan fingerprint density at radius 2 is 2.05 bits per heavy atom. The van der Waals surface area contributed by atoms with E-state index in [4.69, 9.17) is 5.73 Å². The van der Waals surface area contributed by atoms with Crippen molar-refractivity contribution in [3.8, 4) is 0 Å². The number of rotatable bonds is 4. The lowest BCUT2D eigenvalue weighted by Crippen LogP contribution is -2.19. The molecule has 104 valence electrons. The third-order valence-corrected chi connectivity index (χ3v) is 2.57. The largest absolute Gasteiger partial charge is 0.417 e. The maximum Gasteiger partial charge on any atom is 0.417 e. The summed E-state index contributed by atoms with van der Waals surface area (Å²) in [6, 6.07) is 3.34. The van der Waals surface area contributed by atoms with E-state index in [1.165, 1.54) is 6.07 Å². The summed E-state index contributed by atoms with van der Waals surface area (Å²) < 4.78 is 38.5. The zero-order valence-electron chi connectivity index (χ0n) is 10.2. The molecule has 7 heteroatoms. The van der Waals surface area contributed by atoms with E-state index in [1.54, 1.807) is 6.92 Å². The fourth-order valence-corrected chi connectivity index (χ4v) is 1.70. The number of nitrogens with two attached hydrogens (primary N) is 1. The van der Waals surface area contributed by atoms with Gasteiger partial charge in [-0.05, 0) is 24.6 Å². The molecule has 1 amide bonds. The van der Waals surface area contributed by atoms with Gasteiger partial charge in [0.25, 0.3) is 0 Å². The van der Waals surface area contributed by atoms with E-state index >= 15 is 0 Å². The highest BCUT2D eigenvalue weighted by molar-refractivity contribution is 7.80. The molecule has 3 N–H and O–H groups in total. The van der Waals surface area contributed by atoms with Gasteiger partial charge in [-0.25, -0.2) is 0 Å². The first-order chi connectivity index (χ1) is 8.75. The highest BCUT2D eigenvalue weighted by atomic mass is 32.1. The van der Waals surface area contributed by atoms with Gasteiger partial charge >= 0.3 is 6.18 Å². The van der Waals surface area contributed by atoms with Gasteiger partial charge in [0.1, 0.15) is 4.99 Å². The van der Waals surface area contributed by atoms with E-state index < -0.39 is 11.7 Å². The number of halogens is 3. The summed E-state index contributed by atoms with van der Waals surface area (Å²) >= 11 is 4.58. The van der Waals surface area contributed by atoms with Crippen LogP contribution in [0, 0.1) is 0 Å². The number of hydrogen-bond acceptors (Lipinski definition) is 2. The molecule has 0 unspecified atom stereocenters. The van der Waals surface area contributed by atoms with Gasteiger partial charge in [-0.2, -0.15) is 13.2 Å². The van der Waals surface area contributed by atoms with Crippen molar-refractivity contribution in [2.75, 3.05) is 5.32 Å². The van der Waals surface area contributed by atoms with Gasteiger partial charge in [0.15, 0.2) is 0 Å². The number of nitrogens with one attached hydrogen (secondary N) is 1. The first kappa shape index (κ1) is 15.4. The maximum absolute atomic E-state index is 12.8. The van der Waals surface area contributed by atoms with Crippen LogP contribution in [-0.4, -0.2) is 10.9 Å². The average molecular weight is 290 g/mol. The van der Waals surface area contributed by atoms with Crippen LogP contribution < -0.4 is 11.1 Å². The molecule has 0 atom stereocenters. The number of anilines is 1. The quantitative estimate of drug-likeness (QED) is 0.838. The monoisotopic (exact) mass is 290 g/mol. The number of amides is 1. The lowest BCUT2D eigenvalue weighted by molar-refractivity contribution is -0.137. The molecule has 1 aromatic carbocycles. The Morgan fingerprint density at radius 1 is 1.42 bits per heavy atom. The smallest absolute Gasteiger partial charge is 0.389 e. The molecule has 0 saturated heterocycles. The molecular weight excluding hydrogens is 277 g/mol. The third kappa shape index (κ3) is 4.20. The van der Waals surface area contributed by atoms with Crippen LogP contribution in [0.4, 0.5) is 18.9 Å². The highest BCUT2D eigenvalue weighted by Gasteiger charge is 2.34. The number of carbonyl (C=O) groups excluding carboxylic acids is 1. The summed E-state index contributed by atoms with van der Waals surface area (Å²) in [7, 11) is 0. The second kappa shape index (κ2) is 6.01. The maximum atomic E-state index is 12.8. The molecule has 0 aromatic heterocycles. The summed E-state index contributed by atoms with van der Waals surface area (Å²) in [6.07, 6.45) is -3.72. The summed E-state index contributed by atoms with van der Waals surface area (Å²) in [4.78, 5) is 11.0. The van der Waals surface area contributed by atoms with E-state index in [2.05, 4.69) is 17.5 Å². The molecule has 0 radical (unpaired) electrons. The molecule has 0 bridgehead atoms. The Hall–Kier alpha value is -1.63. The van der Waals surface area contributed by atoms with Crippen molar-refractivity contribution < 1.29 is 18.0 Å². The lowest BCUT2D eigenvalue weighted by Gasteiger charge is -2.14. The molecule has 0 aliphatic rings. The first-order valence-corrected chi connectivity index (χ1v) is 5.97. The van der Waals surface area contributed by atoms with E-state index in [-0.39, 0.29) is 28.6 Å². The van der Waals surface area contributed by atoms with Gasteiger partial charge in [-0.3, -0.25) is 4.79 Å². The lowest BCUT2D eigenvalue weighted by atomic mass is 10.1. The normalized spacial score (nSPS) is 11.2. The van der Waals surface area contributed by atoms with Crippen LogP contribution >= 0.6 is 12.2 Å². The van der Waals surface area contributed by atoms with Crippen LogP contribution in [0.25, 0.3) is 0 Å². The zero-order chi connectivity index (χ0) is 14.6. The molecule has 3 nitrogen and oxygen atoms in total. The number of hydrogen-bond donors (Lipinski definition) is 2. The van der Waals surface area contributed by atoms with Crippen LogP contribution in [0.15, 0.2) is 18.2 Å². The third-order valence-electron chi connectivity index (χ3n) is 2.35. The number of alkyl halides is 3. The first-order valence-electron chi connectivity index (χ1n) is 5.56. The Kier molecular flexibility index (Phi) is 4.88. The predicted octanol–water partition coefficient (Wildman–Crippen LogP) is 3.08. The molecule has 0 aliphatic heterocycles. The van der Waals surface area contributed by atoms with Crippen molar-refractivity contribution >= 4 is 28.8 Å². The minimum atomic E-state index is -4.58. The summed E-state index contributed by atoms with van der Waals surface area (Å²) in [6.45, 7) is 1.80. The average Bonchev–Trinajstić information content (AvgIpc) is 2.27. The summed E-state index contributed by atoms with van der Waals surface area (Å²) in [5.74, 6) is -0.335. The highest BCUT2D eigenvalue weighted by Crippen LogP contribution is 2.33. The standard InChI is InChI=1S/C12H13F3N2OS/c1-2-3-10(18)17-7-4-5-8(11(16)19)9(6-7)12(13,14)15/h4-6H,2-3H2,1H3,(H2,16,19)(H,17,18). The van der Waals surface area contributed by atoms with E-state index in [1.807, 2.05) is 0 Å². The van der Waals surface area contributed by atoms with E-state index in [9.17, 15) is 18.0 Å². The Balaban J connectivity index is 3.12. The fourth-order valence-electron chi connectivity index (χ4n) is 1.52. The molecule has 0 heterocycles. The SMILES string of the molecule is CCCC(=O)Nc1ccc(C(N)=S)c(C(F)(F)F)c1. The predicted molar refractivity (Wildman–Crippen MR) is 70.9 cm³/mol. The minimum absolute atomic E-state index is 0.0748. The van der Waals surface area contributed by atoms with Crippen molar-refractivity contribution in [1.29, 1.82) is 0 Å². The van der Waals surface area contributed by atoms with Crippen LogP contribution in [0.2, 0.25) is 0 Å². The van der Waals surface area contributed by atoms with Gasteiger partial charge < -0.3 is 11.1 Å². The van der Waals surface area contributed by atoms with E-state index in [0.29, 0.717) is 6.42 Å². The van der Waals surface area contributed by atoms with Gasteiger partial charge in [0, 0.05) is 17.7 Å². The molecule has 19 heavy (non-hydrogen) atoms. The van der Waals surface area contributed by atoms with Gasteiger partial charge in [-0.1, -0.05) is 19.1 Å². The second-order valence-corrected chi connectivity index (χ2v) is 4.36. The Bertz CT molecular complexity index is 500. The van der Waals surface area contributed by atoms with Crippen molar-refractivity contribution in [3.63, 3.8) is 0 Å². The molecule has 1 aromatic rings. The Morgan fingerprint density at radius 3 is 2.53 bits per heavy atom. The van der Waals surface area contributed by atoms with Crippen LogP contribution in [0.1, 0.15) is 30.9 Å². The fraction of sp³-hybridized carbons (Fsp3) is 0.333. The summed E-state index contributed by atoms with van der Waals surface area (Å²) in [5, 5.41) is 2.40. The van der Waals surface area contributed by atoms with Crippen molar-refractivity contribution in [2.45, 2.75) is 25.9 Å². The van der Waals surface area contributed by atoms with Crippen LogP contribution in [0.5, 0.6) is 0 Å². The number of thiocarbonyl (C=S) groups is 1. The van der Waals surface area contributed by atoms with E-state index in [0.717, 1.165) is 12.1 Å². The number of carbonyl (C=O) groups is 1. The van der Waals surface area contributed by atoms with Crippen LogP contribution in [-0.2, 0) is 11.0 Å². The molecule has 0 fully saturated rings. The zero-order valence-corrected chi connectivity index (χ0v) is 11.0. The second-order valence-electron chi connectivity index (χ2n) is 3.92. The molecule has 1 rings (SSSR count). The van der Waals surface area contributed by atoms with Crippen LogP contribution in [0.3, 0.4) is 0 Å². The molecule has 0 aliphatic carbocycles. The molecule has 0 spiro atoms. The van der Waals surface area contributed by atoms with Crippen molar-refractivity contribution in [1.82, 2.24) is 0 Å². The minimum Gasteiger partial charge on any atom is -0.389 e. The molecular formula is C12H13F3N2OS. The van der Waals surface area contributed by atoms with Crippen molar-refractivity contribution in [2.24, 2.45) is 5.73 Å². The Labute approximate surface area is 114 Å². The topological polar surface area (TPSA) is 55.1 Å².